The molecule has 0 atom stereocenters. The van der Waals surface area contributed by atoms with Gasteiger partial charge in [-0.05, 0) is 33.9 Å². The van der Waals surface area contributed by atoms with Crippen LogP contribution in [0.5, 0.6) is 0 Å². The zero-order valence-electron chi connectivity index (χ0n) is 13.2. The standard InChI is InChI=1S/C6H15NS.C5H13NO.C2H6/c1-4-7(2)5-6-8-3;1-6(2)4-5-7-3;1-2/h4-6H2,1-3H3;4-5H2,1-3H3;1-2H3. The minimum Gasteiger partial charge on any atom is -0.383 e. The van der Waals surface area contributed by atoms with E-state index in [0.717, 1.165) is 13.2 Å². The molecular formula is C13H34N2OS. The van der Waals surface area contributed by atoms with Crippen LogP contribution in [0.1, 0.15) is 20.8 Å². The van der Waals surface area contributed by atoms with Gasteiger partial charge in [0.15, 0.2) is 0 Å². The van der Waals surface area contributed by atoms with Crippen molar-refractivity contribution >= 4 is 11.8 Å². The van der Waals surface area contributed by atoms with E-state index in [4.69, 9.17) is 4.74 Å². The zero-order chi connectivity index (χ0) is 14.1. The van der Waals surface area contributed by atoms with Gasteiger partial charge in [-0.2, -0.15) is 11.8 Å². The highest BCUT2D eigenvalue weighted by molar-refractivity contribution is 7.98. The van der Waals surface area contributed by atoms with Crippen molar-refractivity contribution in [2.75, 3.05) is 66.5 Å². The number of likely N-dealkylation sites (N-methyl/N-ethyl adjacent to an activating group) is 1. The summed E-state index contributed by atoms with van der Waals surface area (Å²) in [5, 5.41) is 0. The van der Waals surface area contributed by atoms with Crippen LogP contribution in [-0.4, -0.2) is 76.3 Å². The number of rotatable bonds is 7. The maximum Gasteiger partial charge on any atom is 0.0589 e. The van der Waals surface area contributed by atoms with Crippen molar-refractivity contribution in [1.29, 1.82) is 0 Å². The Morgan fingerprint density at radius 3 is 1.82 bits per heavy atom. The molecule has 0 radical (unpaired) electrons. The van der Waals surface area contributed by atoms with Gasteiger partial charge in [0.05, 0.1) is 6.61 Å². The first-order chi connectivity index (χ1) is 8.08. The third-order valence-electron chi connectivity index (χ3n) is 1.96. The molecule has 0 spiro atoms. The number of hydrogen-bond donors (Lipinski definition) is 0. The van der Waals surface area contributed by atoms with Crippen LogP contribution in [0.4, 0.5) is 0 Å². The minimum absolute atomic E-state index is 0.826. The lowest BCUT2D eigenvalue weighted by Gasteiger charge is -2.11. The van der Waals surface area contributed by atoms with Crippen LogP contribution < -0.4 is 0 Å². The quantitative estimate of drug-likeness (QED) is 0.703. The molecule has 0 aliphatic heterocycles. The number of methoxy groups -OCH3 is 1. The van der Waals surface area contributed by atoms with Gasteiger partial charge < -0.3 is 14.5 Å². The molecule has 0 heterocycles. The summed E-state index contributed by atoms with van der Waals surface area (Å²) in [5.41, 5.74) is 0. The Morgan fingerprint density at radius 2 is 1.59 bits per heavy atom. The van der Waals surface area contributed by atoms with Crippen molar-refractivity contribution in [3.63, 3.8) is 0 Å². The fourth-order valence-corrected chi connectivity index (χ4v) is 1.17. The molecule has 0 aromatic rings. The third-order valence-corrected chi connectivity index (χ3v) is 2.55. The van der Waals surface area contributed by atoms with Crippen LogP contribution >= 0.6 is 11.8 Å². The Hall–Kier alpha value is 0.230. The lowest BCUT2D eigenvalue weighted by Crippen LogP contribution is -2.20. The summed E-state index contributed by atoms with van der Waals surface area (Å²) < 4.78 is 4.81. The molecular weight excluding hydrogens is 232 g/mol. The fraction of sp³-hybridized carbons (Fsp3) is 1.00. The first-order valence-corrected chi connectivity index (χ1v) is 7.79. The van der Waals surface area contributed by atoms with E-state index in [1.165, 1.54) is 18.8 Å². The van der Waals surface area contributed by atoms with Gasteiger partial charge in [-0.3, -0.25) is 0 Å². The summed E-state index contributed by atoms with van der Waals surface area (Å²) in [7, 11) is 7.91. The van der Waals surface area contributed by atoms with Gasteiger partial charge in [0, 0.05) is 26.0 Å². The van der Waals surface area contributed by atoms with Crippen molar-refractivity contribution in [3.8, 4) is 0 Å². The van der Waals surface area contributed by atoms with Crippen molar-refractivity contribution in [1.82, 2.24) is 9.80 Å². The van der Waals surface area contributed by atoms with Gasteiger partial charge in [0.1, 0.15) is 0 Å². The molecule has 108 valence electrons. The molecule has 0 aliphatic rings. The zero-order valence-corrected chi connectivity index (χ0v) is 14.1. The molecule has 0 saturated heterocycles. The summed E-state index contributed by atoms with van der Waals surface area (Å²) in [5.74, 6) is 1.25. The van der Waals surface area contributed by atoms with E-state index in [-0.39, 0.29) is 0 Å². The molecule has 0 amide bonds. The molecule has 0 saturated carbocycles. The molecule has 0 bridgehead atoms. The highest BCUT2D eigenvalue weighted by atomic mass is 32.2. The van der Waals surface area contributed by atoms with Crippen molar-refractivity contribution < 1.29 is 4.74 Å². The number of thioether (sulfide) groups is 1. The summed E-state index contributed by atoms with van der Waals surface area (Å²) in [4.78, 5) is 4.40. The van der Waals surface area contributed by atoms with Crippen LogP contribution in [0.25, 0.3) is 0 Å². The molecule has 0 unspecified atom stereocenters. The van der Waals surface area contributed by atoms with Crippen LogP contribution in [0.15, 0.2) is 0 Å². The monoisotopic (exact) mass is 266 g/mol. The molecule has 0 fully saturated rings. The Labute approximate surface area is 114 Å². The molecule has 3 nitrogen and oxygen atoms in total. The highest BCUT2D eigenvalue weighted by Gasteiger charge is 1.89. The van der Waals surface area contributed by atoms with Gasteiger partial charge in [-0.15, -0.1) is 0 Å². The summed E-state index contributed by atoms with van der Waals surface area (Å²) in [6.45, 7) is 10.4. The third kappa shape index (κ3) is 31.4. The number of nitrogens with zero attached hydrogens (tertiary/aromatic N) is 2. The maximum atomic E-state index is 4.81. The Balaban J connectivity index is -0.000000202. The predicted molar refractivity (Wildman–Crippen MR) is 83.3 cm³/mol. The maximum absolute atomic E-state index is 4.81. The average Bonchev–Trinajstić information content (AvgIpc) is 2.36. The summed E-state index contributed by atoms with van der Waals surface area (Å²) >= 11 is 1.90. The highest BCUT2D eigenvalue weighted by Crippen LogP contribution is 1.91. The van der Waals surface area contributed by atoms with Crippen LogP contribution in [0, 0.1) is 0 Å². The number of ether oxygens (including phenoxy) is 1. The van der Waals surface area contributed by atoms with E-state index >= 15 is 0 Å². The lowest BCUT2D eigenvalue weighted by atomic mass is 10.6. The Morgan fingerprint density at radius 1 is 1.06 bits per heavy atom. The van der Waals surface area contributed by atoms with Crippen molar-refractivity contribution in [2.24, 2.45) is 0 Å². The molecule has 4 heteroatoms. The van der Waals surface area contributed by atoms with Crippen molar-refractivity contribution in [2.45, 2.75) is 20.8 Å². The first kappa shape index (κ1) is 22.4. The smallest absolute Gasteiger partial charge is 0.0589 e. The van der Waals surface area contributed by atoms with Gasteiger partial charge in [-0.25, -0.2) is 0 Å². The van der Waals surface area contributed by atoms with Crippen LogP contribution in [0.2, 0.25) is 0 Å². The Bertz CT molecular complexity index is 114. The van der Waals surface area contributed by atoms with Gasteiger partial charge in [0.2, 0.25) is 0 Å². The SMILES string of the molecule is CC.CCN(C)CCSC.COCCN(C)C. The number of hydrogen-bond acceptors (Lipinski definition) is 4. The van der Waals surface area contributed by atoms with Crippen LogP contribution in [0.3, 0.4) is 0 Å². The van der Waals surface area contributed by atoms with E-state index in [2.05, 4.69) is 30.0 Å². The molecule has 0 aromatic heterocycles. The minimum atomic E-state index is 0.826. The Kier molecular flexibility index (Phi) is 28.4. The lowest BCUT2D eigenvalue weighted by molar-refractivity contribution is 0.172. The van der Waals surface area contributed by atoms with Gasteiger partial charge in [-0.1, -0.05) is 20.8 Å². The second-order valence-corrected chi connectivity index (χ2v) is 4.67. The van der Waals surface area contributed by atoms with E-state index < -0.39 is 0 Å². The largest absolute Gasteiger partial charge is 0.383 e. The summed E-state index contributed by atoms with van der Waals surface area (Å²) in [6.07, 6.45) is 2.14. The van der Waals surface area contributed by atoms with E-state index in [0.29, 0.717) is 0 Å². The predicted octanol–water partition coefficient (Wildman–Crippen LogP) is 2.52. The summed E-state index contributed by atoms with van der Waals surface area (Å²) in [6, 6.07) is 0. The van der Waals surface area contributed by atoms with E-state index in [1.807, 2.05) is 39.7 Å². The van der Waals surface area contributed by atoms with Gasteiger partial charge in [0.25, 0.3) is 0 Å². The van der Waals surface area contributed by atoms with Crippen molar-refractivity contribution in [3.05, 3.63) is 0 Å². The van der Waals surface area contributed by atoms with Gasteiger partial charge >= 0.3 is 0 Å². The second kappa shape index (κ2) is 21.5. The second-order valence-electron chi connectivity index (χ2n) is 3.68. The molecule has 0 N–H and O–H groups in total. The molecule has 17 heavy (non-hydrogen) atoms. The first-order valence-electron chi connectivity index (χ1n) is 6.39. The van der Waals surface area contributed by atoms with E-state index in [9.17, 15) is 0 Å². The van der Waals surface area contributed by atoms with E-state index in [1.54, 1.807) is 7.11 Å². The molecule has 0 rings (SSSR count). The molecule has 0 aliphatic carbocycles. The van der Waals surface area contributed by atoms with Crippen LogP contribution in [-0.2, 0) is 4.74 Å². The normalized spacial score (nSPS) is 9.53. The topological polar surface area (TPSA) is 15.7 Å². The average molecular weight is 266 g/mol. The molecule has 0 aromatic carbocycles. The fourth-order valence-electron chi connectivity index (χ4n) is 0.679.